The third-order valence-corrected chi connectivity index (χ3v) is 7.53. The number of ether oxygens (including phenoxy) is 3. The van der Waals surface area contributed by atoms with Crippen molar-refractivity contribution in [2.75, 3.05) is 20.0 Å². The summed E-state index contributed by atoms with van der Waals surface area (Å²) in [5, 5.41) is 0. The first kappa shape index (κ1) is 26.8. The molecule has 3 aromatic rings. The van der Waals surface area contributed by atoms with Crippen LogP contribution in [0.2, 0.25) is 0 Å². The molecule has 0 amide bonds. The molecule has 37 heavy (non-hydrogen) atoms. The van der Waals surface area contributed by atoms with Crippen molar-refractivity contribution >= 4 is 35.1 Å². The predicted molar refractivity (Wildman–Crippen MR) is 147 cm³/mol. The average Bonchev–Trinajstić information content (AvgIpc) is 3.17. The van der Waals surface area contributed by atoms with Crippen LogP contribution in [0, 0.1) is 0 Å². The minimum Gasteiger partial charge on any atom is -0.493 e. The molecule has 0 saturated heterocycles. The second-order valence-electron chi connectivity index (χ2n) is 8.65. The second-order valence-corrected chi connectivity index (χ2v) is 10.5. The second kappa shape index (κ2) is 11.4. The lowest BCUT2D eigenvalue weighted by molar-refractivity contribution is -0.143. The van der Waals surface area contributed by atoms with Gasteiger partial charge in [0.05, 0.1) is 41.7 Å². The Bertz CT molecular complexity index is 1520. The highest BCUT2D eigenvalue weighted by molar-refractivity contribution is 7.98. The number of esters is 1. The first-order valence-electron chi connectivity index (χ1n) is 12.0. The van der Waals surface area contributed by atoms with Crippen LogP contribution < -0.4 is 24.4 Å². The SMILES string of the molecule is CCOc1cc(/C=c2\sc3n(c2=O)[C@H](c2ccc(SC)cc2)C(C(=O)OC(C)C)=C(C)N=3)ccc1OC. The van der Waals surface area contributed by atoms with E-state index in [2.05, 4.69) is 4.99 Å². The van der Waals surface area contributed by atoms with E-state index in [1.807, 2.05) is 61.7 Å². The van der Waals surface area contributed by atoms with Gasteiger partial charge in [-0.15, -0.1) is 11.8 Å². The molecule has 2 heterocycles. The zero-order chi connectivity index (χ0) is 26.7. The normalized spacial score (nSPS) is 15.4. The van der Waals surface area contributed by atoms with Gasteiger partial charge in [0, 0.05) is 4.90 Å². The van der Waals surface area contributed by atoms with E-state index in [-0.39, 0.29) is 11.7 Å². The molecule has 1 aliphatic rings. The summed E-state index contributed by atoms with van der Waals surface area (Å²) in [5.41, 5.74) is 2.30. The van der Waals surface area contributed by atoms with E-state index >= 15 is 0 Å². The van der Waals surface area contributed by atoms with Crippen molar-refractivity contribution in [3.05, 3.63) is 84.5 Å². The van der Waals surface area contributed by atoms with Crippen molar-refractivity contribution in [3.8, 4) is 11.5 Å². The van der Waals surface area contributed by atoms with Gasteiger partial charge in [0.15, 0.2) is 16.3 Å². The van der Waals surface area contributed by atoms with Gasteiger partial charge < -0.3 is 14.2 Å². The third-order valence-electron chi connectivity index (χ3n) is 5.80. The van der Waals surface area contributed by atoms with Crippen LogP contribution in [0.3, 0.4) is 0 Å². The number of methoxy groups -OCH3 is 1. The van der Waals surface area contributed by atoms with Gasteiger partial charge in [0.2, 0.25) is 0 Å². The zero-order valence-electron chi connectivity index (χ0n) is 21.7. The van der Waals surface area contributed by atoms with Crippen molar-refractivity contribution in [2.45, 2.75) is 44.7 Å². The summed E-state index contributed by atoms with van der Waals surface area (Å²) in [7, 11) is 1.59. The molecule has 2 aromatic carbocycles. The molecular formula is C28H30N2O5S2. The lowest BCUT2D eigenvalue weighted by atomic mass is 9.96. The standard InChI is InChI=1S/C28H30N2O5S2/c1-7-34-22-14-18(8-13-21(22)33-5)15-23-26(31)30-25(19-9-11-20(36-6)12-10-19)24(27(32)35-16(2)3)17(4)29-28(30)37-23/h8-16,25H,7H2,1-6H3/b23-15-/t25-/m1/s1. The van der Waals surface area contributed by atoms with Gasteiger partial charge in [-0.3, -0.25) is 9.36 Å². The Hall–Kier alpha value is -3.30. The van der Waals surface area contributed by atoms with E-state index in [0.717, 1.165) is 16.0 Å². The third kappa shape index (κ3) is 5.52. The summed E-state index contributed by atoms with van der Waals surface area (Å²) in [6, 6.07) is 12.8. The van der Waals surface area contributed by atoms with Crippen LogP contribution in [-0.4, -0.2) is 36.6 Å². The summed E-state index contributed by atoms with van der Waals surface area (Å²) in [6.45, 7) is 7.79. The number of carbonyl (C=O) groups is 1. The van der Waals surface area contributed by atoms with Gasteiger partial charge in [-0.25, -0.2) is 9.79 Å². The zero-order valence-corrected chi connectivity index (χ0v) is 23.4. The molecule has 7 nitrogen and oxygen atoms in total. The molecule has 0 fully saturated rings. The molecule has 0 unspecified atom stereocenters. The van der Waals surface area contributed by atoms with Crippen LogP contribution in [0.15, 0.2) is 68.4 Å². The molecule has 9 heteroatoms. The largest absolute Gasteiger partial charge is 0.493 e. The van der Waals surface area contributed by atoms with Crippen LogP contribution in [0.4, 0.5) is 0 Å². The molecule has 0 aliphatic carbocycles. The minimum atomic E-state index is -0.643. The number of thioether (sulfide) groups is 1. The molecule has 0 bridgehead atoms. The van der Waals surface area contributed by atoms with Gasteiger partial charge in [-0.05, 0) is 75.4 Å². The molecule has 1 atom stereocenters. The van der Waals surface area contributed by atoms with Gasteiger partial charge in [0.25, 0.3) is 5.56 Å². The molecule has 0 saturated carbocycles. The number of allylic oxidation sites excluding steroid dienone is 1. The lowest BCUT2D eigenvalue weighted by Gasteiger charge is -2.25. The Kier molecular flexibility index (Phi) is 8.24. The summed E-state index contributed by atoms with van der Waals surface area (Å²) in [6.07, 6.45) is 3.51. The Balaban J connectivity index is 1.90. The quantitative estimate of drug-likeness (QED) is 0.314. The van der Waals surface area contributed by atoms with Crippen LogP contribution >= 0.6 is 23.1 Å². The van der Waals surface area contributed by atoms with E-state index in [1.54, 1.807) is 44.2 Å². The molecule has 0 spiro atoms. The van der Waals surface area contributed by atoms with Crippen LogP contribution in [-0.2, 0) is 9.53 Å². The van der Waals surface area contributed by atoms with E-state index in [0.29, 0.717) is 38.7 Å². The first-order chi connectivity index (χ1) is 17.8. The maximum atomic E-state index is 13.8. The van der Waals surface area contributed by atoms with Gasteiger partial charge in [0.1, 0.15) is 0 Å². The number of hydrogen-bond donors (Lipinski definition) is 0. The topological polar surface area (TPSA) is 79.1 Å². The fourth-order valence-corrected chi connectivity index (χ4v) is 5.62. The molecular weight excluding hydrogens is 508 g/mol. The Morgan fingerprint density at radius 3 is 2.54 bits per heavy atom. The summed E-state index contributed by atoms with van der Waals surface area (Å²) in [4.78, 5) is 33.3. The lowest BCUT2D eigenvalue weighted by Crippen LogP contribution is -2.40. The van der Waals surface area contributed by atoms with Crippen molar-refractivity contribution in [2.24, 2.45) is 4.99 Å². The Labute approximate surface area is 224 Å². The van der Waals surface area contributed by atoms with Crippen LogP contribution in [0.5, 0.6) is 11.5 Å². The summed E-state index contributed by atoms with van der Waals surface area (Å²) < 4.78 is 18.7. The first-order valence-corrected chi connectivity index (χ1v) is 14.0. The maximum Gasteiger partial charge on any atom is 0.338 e. The fraction of sp³-hybridized carbons (Fsp3) is 0.321. The van der Waals surface area contributed by atoms with E-state index in [9.17, 15) is 9.59 Å². The molecule has 0 N–H and O–H groups in total. The number of benzene rings is 2. The van der Waals surface area contributed by atoms with Gasteiger partial charge >= 0.3 is 5.97 Å². The smallest absolute Gasteiger partial charge is 0.338 e. The highest BCUT2D eigenvalue weighted by Gasteiger charge is 2.33. The van der Waals surface area contributed by atoms with Crippen molar-refractivity contribution < 1.29 is 19.0 Å². The fourth-order valence-electron chi connectivity index (χ4n) is 4.16. The molecule has 0 radical (unpaired) electrons. The molecule has 194 valence electrons. The molecule has 4 rings (SSSR count). The van der Waals surface area contributed by atoms with Crippen molar-refractivity contribution in [3.63, 3.8) is 0 Å². The number of hydrogen-bond acceptors (Lipinski definition) is 8. The Morgan fingerprint density at radius 2 is 1.92 bits per heavy atom. The number of aromatic nitrogens is 1. The monoisotopic (exact) mass is 538 g/mol. The minimum absolute atomic E-state index is 0.223. The number of nitrogens with zero attached hydrogens (tertiary/aromatic N) is 2. The van der Waals surface area contributed by atoms with Crippen LogP contribution in [0.25, 0.3) is 6.08 Å². The maximum absolute atomic E-state index is 13.8. The van der Waals surface area contributed by atoms with Gasteiger partial charge in [-0.2, -0.15) is 0 Å². The highest BCUT2D eigenvalue weighted by atomic mass is 32.2. The van der Waals surface area contributed by atoms with E-state index in [4.69, 9.17) is 14.2 Å². The number of thiazole rings is 1. The average molecular weight is 539 g/mol. The van der Waals surface area contributed by atoms with E-state index in [1.165, 1.54) is 11.3 Å². The Morgan fingerprint density at radius 1 is 1.19 bits per heavy atom. The van der Waals surface area contributed by atoms with E-state index < -0.39 is 12.0 Å². The number of rotatable bonds is 8. The summed E-state index contributed by atoms with van der Waals surface area (Å²) >= 11 is 2.92. The van der Waals surface area contributed by atoms with Crippen molar-refractivity contribution in [1.82, 2.24) is 4.57 Å². The molecule has 1 aromatic heterocycles. The van der Waals surface area contributed by atoms with Gasteiger partial charge in [-0.1, -0.05) is 29.5 Å². The molecule has 1 aliphatic heterocycles. The van der Waals surface area contributed by atoms with Crippen molar-refractivity contribution in [1.29, 1.82) is 0 Å². The number of fused-ring (bicyclic) bond motifs is 1. The van der Waals surface area contributed by atoms with Crippen LogP contribution in [0.1, 0.15) is 44.9 Å². The highest BCUT2D eigenvalue weighted by Crippen LogP contribution is 2.32. The number of carbonyl (C=O) groups excluding carboxylic acids is 1. The summed E-state index contributed by atoms with van der Waals surface area (Å²) in [5.74, 6) is 0.756. The predicted octanol–water partition coefficient (Wildman–Crippen LogP) is 4.32.